The number of amides is 2. The minimum absolute atomic E-state index is 0.0419. The molecule has 6 heteroatoms. The van der Waals surface area contributed by atoms with E-state index in [1.54, 1.807) is 16.5 Å². The average molecular weight is 250 g/mol. The normalized spacial score (nSPS) is 20.8. The van der Waals surface area contributed by atoms with Crippen LogP contribution in [0.2, 0.25) is 0 Å². The number of hydrogen-bond donors (Lipinski definition) is 1. The first kappa shape index (κ1) is 12.6. The van der Waals surface area contributed by atoms with Gasteiger partial charge in [-0.3, -0.25) is 14.3 Å². The van der Waals surface area contributed by atoms with Crippen LogP contribution in [0.15, 0.2) is 6.07 Å². The van der Waals surface area contributed by atoms with Crippen LogP contribution < -0.4 is 5.32 Å². The van der Waals surface area contributed by atoms with Crippen LogP contribution in [0.5, 0.6) is 0 Å². The molecule has 6 nitrogen and oxygen atoms in total. The second-order valence-corrected chi connectivity index (χ2v) is 4.70. The van der Waals surface area contributed by atoms with Gasteiger partial charge in [-0.1, -0.05) is 0 Å². The van der Waals surface area contributed by atoms with Gasteiger partial charge in [0.2, 0.25) is 11.8 Å². The first-order valence-corrected chi connectivity index (χ1v) is 6.05. The highest BCUT2D eigenvalue weighted by atomic mass is 16.2. The number of aromatic nitrogens is 2. The summed E-state index contributed by atoms with van der Waals surface area (Å²) in [5, 5.41) is 6.93. The molecule has 1 aromatic heterocycles. The van der Waals surface area contributed by atoms with Crippen LogP contribution in [-0.4, -0.2) is 39.1 Å². The fourth-order valence-corrected chi connectivity index (χ4v) is 2.16. The highest BCUT2D eigenvalue weighted by Gasteiger charge is 2.26. The summed E-state index contributed by atoms with van der Waals surface area (Å²) in [4.78, 5) is 25.2. The second kappa shape index (κ2) is 4.80. The summed E-state index contributed by atoms with van der Waals surface area (Å²) in [5.74, 6) is -0.112. The number of aryl methyl sites for hydroxylation is 2. The SMILES string of the molecule is Cc1cc(CN2CCC(=O)NC(C)C2=O)n(C)n1. The molecule has 2 rings (SSSR count). The maximum absolute atomic E-state index is 12.1. The quantitative estimate of drug-likeness (QED) is 0.801. The van der Waals surface area contributed by atoms with Gasteiger partial charge in [-0.25, -0.2) is 0 Å². The summed E-state index contributed by atoms with van der Waals surface area (Å²) in [7, 11) is 1.86. The first-order chi connectivity index (χ1) is 8.47. The van der Waals surface area contributed by atoms with Crippen LogP contribution in [0, 0.1) is 6.92 Å². The van der Waals surface area contributed by atoms with Crippen molar-refractivity contribution in [2.45, 2.75) is 32.9 Å². The molecule has 1 saturated heterocycles. The molecule has 1 fully saturated rings. The van der Waals surface area contributed by atoms with E-state index in [1.165, 1.54) is 0 Å². The van der Waals surface area contributed by atoms with Gasteiger partial charge in [0.25, 0.3) is 0 Å². The molecule has 0 aromatic carbocycles. The Morgan fingerprint density at radius 3 is 2.83 bits per heavy atom. The third-order valence-corrected chi connectivity index (χ3v) is 3.12. The van der Waals surface area contributed by atoms with E-state index in [2.05, 4.69) is 10.4 Å². The number of carbonyl (C=O) groups excluding carboxylic acids is 2. The van der Waals surface area contributed by atoms with Gasteiger partial charge < -0.3 is 10.2 Å². The molecular weight excluding hydrogens is 232 g/mol. The fraction of sp³-hybridized carbons (Fsp3) is 0.583. The standard InChI is InChI=1S/C12H18N4O2/c1-8-6-10(15(3)14-8)7-16-5-4-11(17)13-9(2)12(16)18/h6,9H,4-5,7H2,1-3H3,(H,13,17). The number of carbonyl (C=O) groups is 2. The van der Waals surface area contributed by atoms with Crippen molar-refractivity contribution < 1.29 is 9.59 Å². The lowest BCUT2D eigenvalue weighted by Gasteiger charge is -2.22. The minimum Gasteiger partial charge on any atom is -0.345 e. The Kier molecular flexibility index (Phi) is 3.36. The number of nitrogens with zero attached hydrogens (tertiary/aromatic N) is 3. The molecule has 0 bridgehead atoms. The van der Waals surface area contributed by atoms with Crippen LogP contribution in [0.3, 0.4) is 0 Å². The van der Waals surface area contributed by atoms with Gasteiger partial charge in [-0.2, -0.15) is 5.10 Å². The molecule has 1 aromatic rings. The summed E-state index contributed by atoms with van der Waals surface area (Å²) in [5.41, 5.74) is 1.90. The van der Waals surface area contributed by atoms with Crippen molar-refractivity contribution in [3.05, 3.63) is 17.5 Å². The maximum atomic E-state index is 12.1. The van der Waals surface area contributed by atoms with E-state index in [1.807, 2.05) is 20.0 Å². The Bertz CT molecular complexity index is 480. The first-order valence-electron chi connectivity index (χ1n) is 6.05. The van der Waals surface area contributed by atoms with Crippen molar-refractivity contribution in [1.29, 1.82) is 0 Å². The molecule has 2 amide bonds. The van der Waals surface area contributed by atoms with E-state index >= 15 is 0 Å². The molecule has 0 spiro atoms. The smallest absolute Gasteiger partial charge is 0.245 e. The summed E-state index contributed by atoms with van der Waals surface area (Å²) in [6.45, 7) is 4.59. The number of rotatable bonds is 2. The largest absolute Gasteiger partial charge is 0.345 e. The van der Waals surface area contributed by atoms with Crippen LogP contribution >= 0.6 is 0 Å². The molecule has 1 aliphatic rings. The van der Waals surface area contributed by atoms with Gasteiger partial charge in [-0.15, -0.1) is 0 Å². The molecule has 0 aliphatic carbocycles. The van der Waals surface area contributed by atoms with E-state index in [-0.39, 0.29) is 11.8 Å². The lowest BCUT2D eigenvalue weighted by molar-refractivity contribution is -0.133. The van der Waals surface area contributed by atoms with Crippen molar-refractivity contribution in [3.8, 4) is 0 Å². The Morgan fingerprint density at radius 2 is 2.22 bits per heavy atom. The van der Waals surface area contributed by atoms with Crippen molar-refractivity contribution in [2.24, 2.45) is 7.05 Å². The van der Waals surface area contributed by atoms with Gasteiger partial charge in [0.15, 0.2) is 0 Å². The molecule has 1 N–H and O–H groups in total. The van der Waals surface area contributed by atoms with E-state index in [9.17, 15) is 9.59 Å². The maximum Gasteiger partial charge on any atom is 0.245 e. The van der Waals surface area contributed by atoms with Gasteiger partial charge >= 0.3 is 0 Å². The molecule has 98 valence electrons. The molecule has 0 saturated carbocycles. The Balaban J connectivity index is 2.14. The van der Waals surface area contributed by atoms with Crippen LogP contribution in [0.1, 0.15) is 24.7 Å². The average Bonchev–Trinajstić information content (AvgIpc) is 2.55. The van der Waals surface area contributed by atoms with Crippen molar-refractivity contribution >= 4 is 11.8 Å². The van der Waals surface area contributed by atoms with E-state index in [4.69, 9.17) is 0 Å². The zero-order chi connectivity index (χ0) is 13.3. The highest BCUT2D eigenvalue weighted by Crippen LogP contribution is 2.10. The summed E-state index contributed by atoms with van der Waals surface area (Å²) >= 11 is 0. The summed E-state index contributed by atoms with van der Waals surface area (Å²) in [6.07, 6.45) is 0.354. The summed E-state index contributed by atoms with van der Waals surface area (Å²) in [6, 6.07) is 1.51. The van der Waals surface area contributed by atoms with E-state index in [0.717, 1.165) is 11.4 Å². The van der Waals surface area contributed by atoms with Crippen molar-refractivity contribution in [2.75, 3.05) is 6.54 Å². The lowest BCUT2D eigenvalue weighted by atomic mass is 10.2. The fourth-order valence-electron chi connectivity index (χ4n) is 2.16. The van der Waals surface area contributed by atoms with Gasteiger partial charge in [0.05, 0.1) is 17.9 Å². The van der Waals surface area contributed by atoms with Gasteiger partial charge in [0.1, 0.15) is 6.04 Å². The van der Waals surface area contributed by atoms with Gasteiger partial charge in [0, 0.05) is 20.0 Å². The zero-order valence-corrected chi connectivity index (χ0v) is 10.9. The van der Waals surface area contributed by atoms with Gasteiger partial charge in [-0.05, 0) is 19.9 Å². The number of nitrogens with one attached hydrogen (secondary N) is 1. The molecule has 1 atom stereocenters. The molecule has 1 unspecified atom stereocenters. The molecule has 2 heterocycles. The third-order valence-electron chi connectivity index (χ3n) is 3.12. The monoisotopic (exact) mass is 250 g/mol. The molecule has 1 aliphatic heterocycles. The Hall–Kier alpha value is -1.85. The predicted octanol–water partition coefficient (Wildman–Crippen LogP) is -0.0345. The second-order valence-electron chi connectivity index (χ2n) is 4.70. The molecule has 18 heavy (non-hydrogen) atoms. The minimum atomic E-state index is -0.450. The predicted molar refractivity (Wildman–Crippen MR) is 65.6 cm³/mol. The zero-order valence-electron chi connectivity index (χ0n) is 10.9. The third kappa shape index (κ3) is 2.52. The van der Waals surface area contributed by atoms with E-state index < -0.39 is 6.04 Å². The summed E-state index contributed by atoms with van der Waals surface area (Å²) < 4.78 is 1.77. The van der Waals surface area contributed by atoms with Crippen molar-refractivity contribution in [1.82, 2.24) is 20.0 Å². The van der Waals surface area contributed by atoms with Crippen molar-refractivity contribution in [3.63, 3.8) is 0 Å². The van der Waals surface area contributed by atoms with Crippen LogP contribution in [-0.2, 0) is 23.2 Å². The van der Waals surface area contributed by atoms with Crippen LogP contribution in [0.4, 0.5) is 0 Å². The highest BCUT2D eigenvalue weighted by molar-refractivity contribution is 5.89. The Morgan fingerprint density at radius 1 is 1.50 bits per heavy atom. The number of hydrogen-bond acceptors (Lipinski definition) is 3. The lowest BCUT2D eigenvalue weighted by Crippen LogP contribution is -2.42. The topological polar surface area (TPSA) is 67.2 Å². The molecule has 0 radical (unpaired) electrons. The Labute approximate surface area is 106 Å². The van der Waals surface area contributed by atoms with E-state index in [0.29, 0.717) is 19.5 Å². The molecular formula is C12H18N4O2. The van der Waals surface area contributed by atoms with Crippen LogP contribution in [0.25, 0.3) is 0 Å².